The lowest BCUT2D eigenvalue weighted by Crippen LogP contribution is -2.51. The molecule has 0 amide bonds. The van der Waals surface area contributed by atoms with Crippen LogP contribution in [0.5, 0.6) is 0 Å². The van der Waals surface area contributed by atoms with Crippen molar-refractivity contribution in [1.82, 2.24) is 0 Å². The largest absolute Gasteiger partial charge is 0.481 e. The summed E-state index contributed by atoms with van der Waals surface area (Å²) in [5, 5.41) is 17.7. The third kappa shape index (κ3) is 3.26. The first-order valence-electron chi connectivity index (χ1n) is 10.4. The van der Waals surface area contributed by atoms with Crippen LogP contribution in [0.3, 0.4) is 0 Å². The van der Waals surface area contributed by atoms with Gasteiger partial charge in [0.15, 0.2) is 5.78 Å². The van der Waals surface area contributed by atoms with Crippen LogP contribution in [0.1, 0.15) is 78.1 Å². The molecular formula is C22H34O4. The van der Waals surface area contributed by atoms with Crippen LogP contribution in [0.25, 0.3) is 0 Å². The van der Waals surface area contributed by atoms with Crippen molar-refractivity contribution >= 4 is 11.8 Å². The van der Waals surface area contributed by atoms with Crippen LogP contribution >= 0.6 is 0 Å². The van der Waals surface area contributed by atoms with Gasteiger partial charge in [0.25, 0.3) is 0 Å². The molecule has 3 saturated carbocycles. The number of carbonyl (C=O) groups excluding carboxylic acids is 1. The summed E-state index contributed by atoms with van der Waals surface area (Å²) in [6.07, 6.45) is 12.8. The van der Waals surface area contributed by atoms with Crippen molar-refractivity contribution in [2.24, 2.45) is 28.6 Å². The van der Waals surface area contributed by atoms with Gasteiger partial charge in [-0.15, -0.1) is 0 Å². The molecule has 0 spiro atoms. The van der Waals surface area contributed by atoms with Gasteiger partial charge >= 0.3 is 5.97 Å². The lowest BCUT2D eigenvalue weighted by molar-refractivity contribution is -0.136. The molecule has 0 aliphatic heterocycles. The van der Waals surface area contributed by atoms with Gasteiger partial charge in [0.05, 0.1) is 0 Å². The van der Waals surface area contributed by atoms with E-state index in [1.807, 2.05) is 6.08 Å². The summed E-state index contributed by atoms with van der Waals surface area (Å²) in [5.41, 5.74) is 1.99. The van der Waals surface area contributed by atoms with Gasteiger partial charge in [-0.05, 0) is 79.6 Å². The van der Waals surface area contributed by atoms with E-state index < -0.39 is 5.97 Å². The Morgan fingerprint density at radius 2 is 1.88 bits per heavy atom. The zero-order chi connectivity index (χ0) is 18.9. The van der Waals surface area contributed by atoms with Gasteiger partial charge in [-0.25, -0.2) is 0 Å². The molecule has 26 heavy (non-hydrogen) atoms. The number of carboxylic acid groups (broad SMARTS) is 1. The Balaban J connectivity index is 0.000000349. The number of aliphatic carboxylic acids is 1. The zero-order valence-corrected chi connectivity index (χ0v) is 16.3. The predicted molar refractivity (Wildman–Crippen MR) is 101 cm³/mol. The van der Waals surface area contributed by atoms with Crippen molar-refractivity contribution in [3.8, 4) is 0 Å². The van der Waals surface area contributed by atoms with E-state index in [2.05, 4.69) is 6.92 Å². The van der Waals surface area contributed by atoms with Gasteiger partial charge in [-0.3, -0.25) is 9.59 Å². The lowest BCUT2D eigenvalue weighted by Gasteiger charge is -2.57. The molecule has 0 unspecified atom stereocenters. The first-order valence-corrected chi connectivity index (χ1v) is 10.4. The summed E-state index contributed by atoms with van der Waals surface area (Å²) >= 11 is 0. The molecule has 0 aromatic rings. The highest BCUT2D eigenvalue weighted by Gasteiger charge is 2.57. The van der Waals surface area contributed by atoms with Crippen molar-refractivity contribution in [2.45, 2.75) is 78.1 Å². The average Bonchev–Trinajstić information content (AvgIpc) is 3.07. The number of carboxylic acids is 1. The molecule has 4 aliphatic rings. The molecule has 0 saturated heterocycles. The van der Waals surface area contributed by atoms with Crippen LogP contribution in [-0.2, 0) is 9.59 Å². The van der Waals surface area contributed by atoms with Gasteiger partial charge in [-0.2, -0.15) is 0 Å². The van der Waals surface area contributed by atoms with Gasteiger partial charge in [0.2, 0.25) is 0 Å². The number of hydrogen-bond donors (Lipinski definition) is 2. The van der Waals surface area contributed by atoms with Crippen LogP contribution in [0.15, 0.2) is 11.6 Å². The van der Waals surface area contributed by atoms with Crippen LogP contribution in [0.2, 0.25) is 0 Å². The molecule has 0 aromatic heterocycles. The summed E-state index contributed by atoms with van der Waals surface area (Å²) in [4.78, 5) is 21.2. The molecule has 0 heterocycles. The molecule has 3 fully saturated rings. The normalized spacial score (nSPS) is 41.1. The van der Waals surface area contributed by atoms with Gasteiger partial charge in [0, 0.05) is 19.4 Å². The Labute approximate surface area is 157 Å². The van der Waals surface area contributed by atoms with Crippen LogP contribution < -0.4 is 0 Å². The van der Waals surface area contributed by atoms with Gasteiger partial charge in [-0.1, -0.05) is 25.8 Å². The number of hydrogen-bond acceptors (Lipinski definition) is 3. The van der Waals surface area contributed by atoms with E-state index in [9.17, 15) is 14.7 Å². The van der Waals surface area contributed by atoms with Crippen molar-refractivity contribution in [1.29, 1.82) is 0 Å². The standard InChI is InChI=1S/C19H28O2.C3H6O2/c1-18-9-6-14(21)11-13(18)4-5-15-16(18)7-10-19(12-20)8-2-3-17(15)19;1-2-3(4)5/h11,15-17,20H,2-10,12H2,1H3;2H2,1H3,(H,4,5)/t15-,16+,17+,18+,19+;/m1./s1. The highest BCUT2D eigenvalue weighted by atomic mass is 16.4. The maximum Gasteiger partial charge on any atom is 0.303 e. The molecule has 146 valence electrons. The van der Waals surface area contributed by atoms with Crippen molar-refractivity contribution in [2.75, 3.05) is 6.61 Å². The lowest BCUT2D eigenvalue weighted by atomic mass is 9.47. The highest BCUT2D eigenvalue weighted by Crippen LogP contribution is 2.65. The Morgan fingerprint density at radius 3 is 2.54 bits per heavy atom. The number of ketones is 1. The maximum atomic E-state index is 11.8. The monoisotopic (exact) mass is 362 g/mol. The third-order valence-electron chi connectivity index (χ3n) is 8.11. The summed E-state index contributed by atoms with van der Waals surface area (Å²) in [7, 11) is 0. The molecule has 0 radical (unpaired) electrons. The summed E-state index contributed by atoms with van der Waals surface area (Å²) in [6.45, 7) is 4.43. The molecule has 2 N–H and O–H groups in total. The maximum absolute atomic E-state index is 11.8. The Kier molecular flexibility index (Phi) is 5.62. The fourth-order valence-corrected chi connectivity index (χ4v) is 6.63. The van der Waals surface area contributed by atoms with E-state index in [0.29, 0.717) is 12.4 Å². The average molecular weight is 363 g/mol. The van der Waals surface area contributed by atoms with Gasteiger partial charge < -0.3 is 10.2 Å². The van der Waals surface area contributed by atoms with E-state index in [0.717, 1.165) is 37.0 Å². The van der Waals surface area contributed by atoms with E-state index >= 15 is 0 Å². The molecule has 4 heteroatoms. The molecule has 0 aromatic carbocycles. The minimum Gasteiger partial charge on any atom is -0.481 e. The summed E-state index contributed by atoms with van der Waals surface area (Å²) in [5.74, 6) is 1.90. The van der Waals surface area contributed by atoms with Crippen LogP contribution in [0, 0.1) is 28.6 Å². The topological polar surface area (TPSA) is 74.6 Å². The van der Waals surface area contributed by atoms with Crippen molar-refractivity contribution < 1.29 is 19.8 Å². The fraction of sp³-hybridized carbons (Fsp3) is 0.818. The van der Waals surface area contributed by atoms with Crippen molar-refractivity contribution in [3.63, 3.8) is 0 Å². The second-order valence-electron chi connectivity index (χ2n) is 9.17. The fourth-order valence-electron chi connectivity index (χ4n) is 6.63. The van der Waals surface area contributed by atoms with E-state index in [4.69, 9.17) is 5.11 Å². The second kappa shape index (κ2) is 7.46. The summed E-state index contributed by atoms with van der Waals surface area (Å²) < 4.78 is 0. The molecule has 4 rings (SSSR count). The Bertz CT molecular complexity index is 595. The number of fused-ring (bicyclic) bond motifs is 5. The first kappa shape index (κ1) is 19.6. The number of aliphatic hydroxyl groups is 1. The number of allylic oxidation sites excluding steroid dienone is 1. The smallest absolute Gasteiger partial charge is 0.303 e. The number of rotatable bonds is 2. The Morgan fingerprint density at radius 1 is 1.15 bits per heavy atom. The van der Waals surface area contributed by atoms with Crippen molar-refractivity contribution in [3.05, 3.63) is 11.6 Å². The predicted octanol–water partition coefficient (Wildman–Crippen LogP) is 4.36. The third-order valence-corrected chi connectivity index (χ3v) is 8.11. The first-order chi connectivity index (χ1) is 12.4. The Hall–Kier alpha value is -1.16. The van der Waals surface area contributed by atoms with E-state index in [-0.39, 0.29) is 17.3 Å². The van der Waals surface area contributed by atoms with Crippen LogP contribution in [0.4, 0.5) is 0 Å². The molecule has 4 aliphatic carbocycles. The van der Waals surface area contributed by atoms with Crippen LogP contribution in [-0.4, -0.2) is 28.6 Å². The van der Waals surface area contributed by atoms with Gasteiger partial charge in [0.1, 0.15) is 0 Å². The van der Waals surface area contributed by atoms with E-state index in [1.165, 1.54) is 44.1 Å². The molecule has 0 bridgehead atoms. The SMILES string of the molecule is CCC(=O)O.C[C@]12CCC(=O)C=C1CC[C@H]1[C@@H]3CCC[C@@]3(CO)CC[C@@H]12. The van der Waals surface area contributed by atoms with E-state index in [1.54, 1.807) is 6.92 Å². The minimum atomic E-state index is -0.745. The zero-order valence-electron chi connectivity index (χ0n) is 16.3. The molecule has 4 nitrogen and oxygen atoms in total. The quantitative estimate of drug-likeness (QED) is 0.765. The molecular weight excluding hydrogens is 328 g/mol. The minimum absolute atomic E-state index is 0.222. The molecule has 5 atom stereocenters. The highest BCUT2D eigenvalue weighted by molar-refractivity contribution is 5.91. The summed E-state index contributed by atoms with van der Waals surface area (Å²) in [6, 6.07) is 0. The second-order valence-corrected chi connectivity index (χ2v) is 9.17. The number of carbonyl (C=O) groups is 2. The number of aliphatic hydroxyl groups excluding tert-OH is 1.